The van der Waals surface area contributed by atoms with Crippen LogP contribution in [0.25, 0.3) is 0 Å². The Hall–Kier alpha value is -2.15. The van der Waals surface area contributed by atoms with Gasteiger partial charge in [-0.15, -0.1) is 0 Å². The zero-order chi connectivity index (χ0) is 14.9. The SMILES string of the molecule is NC(=O)c1cc(Nc2cc(Br)ccc2F)c(F)cc1N. The van der Waals surface area contributed by atoms with Crippen molar-refractivity contribution < 1.29 is 13.6 Å². The van der Waals surface area contributed by atoms with Gasteiger partial charge in [0.05, 0.1) is 16.9 Å². The number of amides is 1. The summed E-state index contributed by atoms with van der Waals surface area (Å²) in [6.45, 7) is 0. The summed E-state index contributed by atoms with van der Waals surface area (Å²) in [6, 6.07) is 6.27. The zero-order valence-electron chi connectivity index (χ0n) is 10.1. The van der Waals surface area contributed by atoms with Crippen molar-refractivity contribution in [2.75, 3.05) is 11.1 Å². The molecule has 0 aliphatic carbocycles. The van der Waals surface area contributed by atoms with Gasteiger partial charge in [0.1, 0.15) is 11.6 Å². The van der Waals surface area contributed by atoms with Crippen LogP contribution < -0.4 is 16.8 Å². The smallest absolute Gasteiger partial charge is 0.250 e. The van der Waals surface area contributed by atoms with Crippen molar-refractivity contribution in [2.45, 2.75) is 0 Å². The molecule has 20 heavy (non-hydrogen) atoms. The Morgan fingerprint density at radius 3 is 2.40 bits per heavy atom. The maximum Gasteiger partial charge on any atom is 0.250 e. The number of hydrogen-bond acceptors (Lipinski definition) is 3. The van der Waals surface area contributed by atoms with Gasteiger partial charge in [-0.3, -0.25) is 4.79 Å². The molecular formula is C13H10BrF2N3O. The molecule has 1 amide bonds. The molecular weight excluding hydrogens is 332 g/mol. The van der Waals surface area contributed by atoms with Gasteiger partial charge in [0, 0.05) is 10.2 Å². The number of nitrogen functional groups attached to an aromatic ring is 1. The molecule has 104 valence electrons. The molecule has 2 aromatic carbocycles. The highest BCUT2D eigenvalue weighted by Crippen LogP contribution is 2.28. The predicted octanol–water partition coefficient (Wildman–Crippen LogP) is 3.15. The third-order valence-electron chi connectivity index (χ3n) is 2.60. The molecule has 5 N–H and O–H groups in total. The first-order valence-corrected chi connectivity index (χ1v) is 6.28. The Morgan fingerprint density at radius 2 is 1.75 bits per heavy atom. The average Bonchev–Trinajstić information content (AvgIpc) is 2.36. The van der Waals surface area contributed by atoms with E-state index in [-0.39, 0.29) is 22.6 Å². The second-order valence-electron chi connectivity index (χ2n) is 4.03. The minimum absolute atomic E-state index is 0.0377. The molecule has 2 rings (SSSR count). The van der Waals surface area contributed by atoms with Crippen LogP contribution in [-0.4, -0.2) is 5.91 Å². The number of halogens is 3. The summed E-state index contributed by atoms with van der Waals surface area (Å²) in [7, 11) is 0. The van der Waals surface area contributed by atoms with Crippen LogP contribution in [0.5, 0.6) is 0 Å². The van der Waals surface area contributed by atoms with Gasteiger partial charge in [0.15, 0.2) is 0 Å². The highest BCUT2D eigenvalue weighted by Gasteiger charge is 2.13. The number of nitrogens with two attached hydrogens (primary N) is 2. The molecule has 7 heteroatoms. The number of primary amides is 1. The first kappa shape index (κ1) is 14.3. The summed E-state index contributed by atoms with van der Waals surface area (Å²) in [4.78, 5) is 11.2. The summed E-state index contributed by atoms with van der Waals surface area (Å²) < 4.78 is 28.0. The van der Waals surface area contributed by atoms with Gasteiger partial charge in [-0.05, 0) is 30.3 Å². The third kappa shape index (κ3) is 2.88. The number of hydrogen-bond donors (Lipinski definition) is 3. The van der Waals surface area contributed by atoms with E-state index in [4.69, 9.17) is 11.5 Å². The minimum atomic E-state index is -0.791. The summed E-state index contributed by atoms with van der Waals surface area (Å²) in [5.74, 6) is -2.07. The lowest BCUT2D eigenvalue weighted by molar-refractivity contribution is 0.100. The van der Waals surface area contributed by atoms with Crippen LogP contribution in [0.15, 0.2) is 34.8 Å². The maximum absolute atomic E-state index is 13.8. The van der Waals surface area contributed by atoms with E-state index in [0.29, 0.717) is 4.47 Å². The molecule has 0 aliphatic rings. The van der Waals surface area contributed by atoms with E-state index >= 15 is 0 Å². The molecule has 0 bridgehead atoms. The summed E-state index contributed by atoms with van der Waals surface area (Å²) in [5, 5.41) is 2.56. The van der Waals surface area contributed by atoms with Crippen LogP contribution in [0.1, 0.15) is 10.4 Å². The van der Waals surface area contributed by atoms with Gasteiger partial charge in [-0.2, -0.15) is 0 Å². The number of anilines is 3. The molecule has 0 fully saturated rings. The van der Waals surface area contributed by atoms with E-state index in [2.05, 4.69) is 21.2 Å². The second-order valence-corrected chi connectivity index (χ2v) is 4.95. The number of rotatable bonds is 3. The van der Waals surface area contributed by atoms with Crippen molar-refractivity contribution in [3.05, 3.63) is 52.0 Å². The predicted molar refractivity (Wildman–Crippen MR) is 76.7 cm³/mol. The van der Waals surface area contributed by atoms with Crippen LogP contribution in [0.3, 0.4) is 0 Å². The number of nitrogens with one attached hydrogen (secondary N) is 1. The van der Waals surface area contributed by atoms with E-state index in [9.17, 15) is 13.6 Å². The number of carbonyl (C=O) groups is 1. The van der Waals surface area contributed by atoms with Crippen molar-refractivity contribution in [2.24, 2.45) is 5.73 Å². The Labute approximate surface area is 121 Å². The Morgan fingerprint density at radius 1 is 1.10 bits per heavy atom. The van der Waals surface area contributed by atoms with Crippen molar-refractivity contribution in [1.82, 2.24) is 0 Å². The van der Waals surface area contributed by atoms with Crippen LogP contribution >= 0.6 is 15.9 Å². The summed E-state index contributed by atoms with van der Waals surface area (Å²) in [5.41, 5.74) is 10.5. The van der Waals surface area contributed by atoms with E-state index in [0.717, 1.165) is 12.1 Å². The first-order chi connectivity index (χ1) is 9.38. The topological polar surface area (TPSA) is 81.1 Å². The molecule has 0 heterocycles. The molecule has 2 aromatic rings. The lowest BCUT2D eigenvalue weighted by atomic mass is 10.1. The first-order valence-electron chi connectivity index (χ1n) is 5.49. The zero-order valence-corrected chi connectivity index (χ0v) is 11.7. The molecule has 0 spiro atoms. The Balaban J connectivity index is 2.45. The Bertz CT molecular complexity index is 692. The number of carbonyl (C=O) groups excluding carboxylic acids is 1. The van der Waals surface area contributed by atoms with Crippen molar-refractivity contribution in [3.63, 3.8) is 0 Å². The second kappa shape index (κ2) is 5.46. The summed E-state index contributed by atoms with van der Waals surface area (Å²) >= 11 is 3.18. The minimum Gasteiger partial charge on any atom is -0.398 e. The normalized spacial score (nSPS) is 10.3. The number of benzene rings is 2. The van der Waals surface area contributed by atoms with Gasteiger partial charge < -0.3 is 16.8 Å². The monoisotopic (exact) mass is 341 g/mol. The molecule has 0 saturated heterocycles. The molecule has 0 aromatic heterocycles. The lowest BCUT2D eigenvalue weighted by Crippen LogP contribution is -2.14. The summed E-state index contributed by atoms with van der Waals surface area (Å²) in [6.07, 6.45) is 0. The lowest BCUT2D eigenvalue weighted by Gasteiger charge is -2.11. The molecule has 0 unspecified atom stereocenters. The fourth-order valence-corrected chi connectivity index (χ4v) is 2.00. The van der Waals surface area contributed by atoms with Gasteiger partial charge in [0.25, 0.3) is 5.91 Å². The van der Waals surface area contributed by atoms with Gasteiger partial charge in [0.2, 0.25) is 0 Å². The maximum atomic E-state index is 13.8. The van der Waals surface area contributed by atoms with Crippen LogP contribution in [0.4, 0.5) is 25.8 Å². The largest absolute Gasteiger partial charge is 0.398 e. The van der Waals surface area contributed by atoms with Gasteiger partial charge in [-0.1, -0.05) is 15.9 Å². The Kier molecular flexibility index (Phi) is 3.89. The van der Waals surface area contributed by atoms with Crippen LogP contribution in [0, 0.1) is 11.6 Å². The molecule has 0 saturated carbocycles. The average molecular weight is 342 g/mol. The van der Waals surface area contributed by atoms with Crippen LogP contribution in [-0.2, 0) is 0 Å². The van der Waals surface area contributed by atoms with Gasteiger partial charge in [-0.25, -0.2) is 8.78 Å². The highest BCUT2D eigenvalue weighted by molar-refractivity contribution is 9.10. The standard InChI is InChI=1S/C13H10BrF2N3O/c14-6-1-2-8(15)11(3-6)19-12-4-7(13(18)20)10(17)5-9(12)16/h1-5,19H,17H2,(H2,18,20). The van der Waals surface area contributed by atoms with E-state index < -0.39 is 17.5 Å². The quantitative estimate of drug-likeness (QED) is 0.750. The van der Waals surface area contributed by atoms with E-state index in [1.807, 2.05) is 0 Å². The third-order valence-corrected chi connectivity index (χ3v) is 3.10. The fourth-order valence-electron chi connectivity index (χ4n) is 1.64. The fraction of sp³-hybridized carbons (Fsp3) is 0. The molecule has 4 nitrogen and oxygen atoms in total. The molecule has 0 atom stereocenters. The van der Waals surface area contributed by atoms with Crippen molar-refractivity contribution >= 4 is 38.9 Å². The van der Waals surface area contributed by atoms with Crippen molar-refractivity contribution in [3.8, 4) is 0 Å². The molecule has 0 aliphatic heterocycles. The molecule has 0 radical (unpaired) electrons. The van der Waals surface area contributed by atoms with E-state index in [1.165, 1.54) is 18.2 Å². The van der Waals surface area contributed by atoms with Crippen molar-refractivity contribution in [1.29, 1.82) is 0 Å². The van der Waals surface area contributed by atoms with Gasteiger partial charge >= 0.3 is 0 Å². The van der Waals surface area contributed by atoms with E-state index in [1.54, 1.807) is 0 Å². The highest BCUT2D eigenvalue weighted by atomic mass is 79.9. The van der Waals surface area contributed by atoms with Crippen LogP contribution in [0.2, 0.25) is 0 Å².